The fourth-order valence-corrected chi connectivity index (χ4v) is 10.3. The Morgan fingerprint density at radius 1 is 0.460 bits per heavy atom. The van der Waals surface area contributed by atoms with Crippen LogP contribution in [0.15, 0.2) is 188 Å². The van der Waals surface area contributed by atoms with Gasteiger partial charge in [-0.3, -0.25) is 4.57 Å². The maximum absolute atomic E-state index is 6.85. The van der Waals surface area contributed by atoms with E-state index in [0.29, 0.717) is 6.67 Å². The highest BCUT2D eigenvalue weighted by molar-refractivity contribution is 6.10. The number of hydrogen-bond donors (Lipinski definition) is 0. The first-order valence-electron chi connectivity index (χ1n) is 21.8. The summed E-state index contributed by atoms with van der Waals surface area (Å²) in [5.74, 6) is 2.42. The second-order valence-electron chi connectivity index (χ2n) is 18.0. The molecular weight excluding hydrogens is 769 g/mol. The summed E-state index contributed by atoms with van der Waals surface area (Å²) in [4.78, 5) is 10.6. The lowest BCUT2D eigenvalue weighted by atomic mass is 9.85. The van der Waals surface area contributed by atoms with Gasteiger partial charge in [0, 0.05) is 45.3 Å². The lowest BCUT2D eigenvalue weighted by Crippen LogP contribution is -2.24. The van der Waals surface area contributed by atoms with Crippen molar-refractivity contribution in [1.82, 2.24) is 9.55 Å². The van der Waals surface area contributed by atoms with E-state index in [1.165, 1.54) is 50.0 Å². The van der Waals surface area contributed by atoms with Gasteiger partial charge in [0.05, 0.1) is 33.8 Å². The van der Waals surface area contributed by atoms with E-state index in [9.17, 15) is 0 Å². The highest BCUT2D eigenvalue weighted by atomic mass is 16.5. The van der Waals surface area contributed by atoms with Crippen LogP contribution in [0.2, 0.25) is 0 Å². The summed E-state index contributed by atoms with van der Waals surface area (Å²) in [5, 5.41) is 2.33. The number of benzene rings is 8. The number of pyridine rings is 1. The lowest BCUT2D eigenvalue weighted by molar-refractivity contribution is 0.483. The summed E-state index contributed by atoms with van der Waals surface area (Å²) in [6, 6.07) is 68.7. The molecular formula is C58H42N4O. The van der Waals surface area contributed by atoms with E-state index in [1.54, 1.807) is 0 Å². The van der Waals surface area contributed by atoms with E-state index >= 15 is 0 Å². The van der Waals surface area contributed by atoms with Crippen molar-refractivity contribution in [2.75, 3.05) is 16.5 Å². The Balaban J connectivity index is 1.17. The molecule has 5 heterocycles. The first-order chi connectivity index (χ1) is 30.9. The van der Waals surface area contributed by atoms with Gasteiger partial charge in [0.15, 0.2) is 0 Å². The summed E-state index contributed by atoms with van der Waals surface area (Å²) in [6.07, 6.45) is 0. The van der Waals surface area contributed by atoms with Crippen molar-refractivity contribution in [1.29, 1.82) is 0 Å². The number of hydrogen-bond acceptors (Lipinski definition) is 4. The molecule has 0 spiro atoms. The fourth-order valence-electron chi connectivity index (χ4n) is 10.3. The van der Waals surface area contributed by atoms with Crippen LogP contribution in [0.1, 0.15) is 26.3 Å². The van der Waals surface area contributed by atoms with E-state index in [1.807, 2.05) is 0 Å². The van der Waals surface area contributed by atoms with Gasteiger partial charge in [-0.25, -0.2) is 4.98 Å². The summed E-state index contributed by atoms with van der Waals surface area (Å²) in [5.41, 5.74) is 19.2. The first-order valence-corrected chi connectivity index (χ1v) is 21.8. The molecule has 3 aliphatic heterocycles. The minimum absolute atomic E-state index is 0.153. The summed E-state index contributed by atoms with van der Waals surface area (Å²) >= 11 is 0. The van der Waals surface area contributed by atoms with E-state index < -0.39 is 0 Å². The SMILES string of the molecule is CC(C)(C)c1cc2nc(c1)-n1c3ccccc3c3ccc(cc31)Oc1cccc(c1)N1CN3c4cc(ccc4-c4ccccc4-2)-c2ccccc2-c2ccccc2-c2cccc1c23. The summed E-state index contributed by atoms with van der Waals surface area (Å²) in [6.45, 7) is 7.47. The molecule has 10 bridgehead atoms. The Hall–Kier alpha value is -7.89. The molecule has 0 atom stereocenters. The van der Waals surface area contributed by atoms with Gasteiger partial charge in [-0.1, -0.05) is 142 Å². The van der Waals surface area contributed by atoms with Crippen molar-refractivity contribution in [2.45, 2.75) is 26.2 Å². The van der Waals surface area contributed by atoms with Gasteiger partial charge < -0.3 is 14.5 Å². The Kier molecular flexibility index (Phi) is 7.57. The number of anilines is 4. The average molecular weight is 811 g/mol. The van der Waals surface area contributed by atoms with Gasteiger partial charge >= 0.3 is 0 Å². The molecule has 0 radical (unpaired) electrons. The molecule has 300 valence electrons. The second kappa shape index (κ2) is 13.3. The van der Waals surface area contributed by atoms with Crippen molar-refractivity contribution in [3.8, 4) is 73.1 Å². The van der Waals surface area contributed by atoms with Crippen LogP contribution in [0.25, 0.3) is 83.4 Å². The number of fused-ring (bicyclic) bond motifs is 21. The zero-order chi connectivity index (χ0) is 42.0. The minimum atomic E-state index is -0.153. The van der Waals surface area contributed by atoms with Crippen LogP contribution in [0.3, 0.4) is 0 Å². The zero-order valence-electron chi connectivity index (χ0n) is 35.3. The molecule has 63 heavy (non-hydrogen) atoms. The van der Waals surface area contributed by atoms with Crippen molar-refractivity contribution in [3.05, 3.63) is 194 Å². The largest absolute Gasteiger partial charge is 0.457 e. The smallest absolute Gasteiger partial charge is 0.138 e. The van der Waals surface area contributed by atoms with Crippen LogP contribution in [0.4, 0.5) is 22.7 Å². The quantitative estimate of drug-likeness (QED) is 0.153. The number of nitrogens with zero attached hydrogens (tertiary/aromatic N) is 4. The highest BCUT2D eigenvalue weighted by Gasteiger charge is 2.35. The minimum Gasteiger partial charge on any atom is -0.457 e. The van der Waals surface area contributed by atoms with Gasteiger partial charge in [-0.15, -0.1) is 0 Å². The van der Waals surface area contributed by atoms with Crippen molar-refractivity contribution in [2.24, 2.45) is 0 Å². The molecule has 2 aromatic heterocycles. The molecule has 0 amide bonds. The van der Waals surface area contributed by atoms with E-state index in [0.717, 1.165) is 73.2 Å². The Morgan fingerprint density at radius 2 is 1.11 bits per heavy atom. The van der Waals surface area contributed by atoms with Gasteiger partial charge in [0.1, 0.15) is 24.0 Å². The molecule has 0 N–H and O–H groups in total. The van der Waals surface area contributed by atoms with Gasteiger partial charge in [-0.2, -0.15) is 0 Å². The first kappa shape index (κ1) is 35.8. The summed E-state index contributed by atoms with van der Waals surface area (Å²) < 4.78 is 9.17. The van der Waals surface area contributed by atoms with Crippen LogP contribution in [0, 0.1) is 0 Å². The Morgan fingerprint density at radius 3 is 1.92 bits per heavy atom. The normalized spacial score (nSPS) is 13.3. The fraction of sp³-hybridized carbons (Fsp3) is 0.0862. The third-order valence-electron chi connectivity index (χ3n) is 13.3. The molecule has 5 nitrogen and oxygen atoms in total. The van der Waals surface area contributed by atoms with Crippen molar-refractivity contribution in [3.63, 3.8) is 0 Å². The molecule has 0 saturated carbocycles. The van der Waals surface area contributed by atoms with Gasteiger partial charge in [0.2, 0.25) is 0 Å². The van der Waals surface area contributed by atoms with E-state index in [4.69, 9.17) is 9.72 Å². The lowest BCUT2D eigenvalue weighted by Gasteiger charge is -2.28. The molecule has 10 aromatic rings. The van der Waals surface area contributed by atoms with Crippen LogP contribution in [0.5, 0.6) is 11.5 Å². The number of ether oxygens (including phenoxy) is 1. The van der Waals surface area contributed by atoms with E-state index in [-0.39, 0.29) is 5.41 Å². The number of rotatable bonds is 0. The van der Waals surface area contributed by atoms with Crippen LogP contribution >= 0.6 is 0 Å². The molecule has 3 aliphatic rings. The third-order valence-corrected chi connectivity index (χ3v) is 13.3. The molecule has 13 rings (SSSR count). The molecule has 8 aromatic carbocycles. The monoisotopic (exact) mass is 810 g/mol. The van der Waals surface area contributed by atoms with Crippen LogP contribution < -0.4 is 14.5 Å². The number of para-hydroxylation sites is 2. The maximum Gasteiger partial charge on any atom is 0.138 e. The predicted molar refractivity (Wildman–Crippen MR) is 260 cm³/mol. The molecule has 0 fully saturated rings. The molecule has 0 unspecified atom stereocenters. The summed E-state index contributed by atoms with van der Waals surface area (Å²) in [7, 11) is 0. The van der Waals surface area contributed by atoms with Gasteiger partial charge in [-0.05, 0) is 99.0 Å². The van der Waals surface area contributed by atoms with E-state index in [2.05, 4.69) is 223 Å². The third kappa shape index (κ3) is 5.46. The number of aromatic nitrogens is 2. The topological polar surface area (TPSA) is 33.5 Å². The standard InChI is InChI=1S/C58H42N4O/c1-58(2,3)37-31-51-46-21-9-8-20-45(46)48-28-26-36-30-54(48)61-35-60(53-25-13-23-50(57(53)61)44-19-7-6-18-43(44)42-17-5-4-16-41(36)42)38-14-12-15-39(33-38)63-40-27-29-49-47-22-10-11-24-52(47)62(55(49)34-40)56(32-37)59-51/h4-34H,35H2,1-3H3. The average Bonchev–Trinajstić information content (AvgIpc) is 3.87. The van der Waals surface area contributed by atoms with Crippen LogP contribution in [-0.4, -0.2) is 16.2 Å². The molecule has 0 aliphatic carbocycles. The van der Waals surface area contributed by atoms with Gasteiger partial charge in [0.25, 0.3) is 0 Å². The Bertz CT molecular complexity index is 3540. The molecule has 5 heteroatoms. The molecule has 0 saturated heterocycles. The van der Waals surface area contributed by atoms with Crippen molar-refractivity contribution >= 4 is 44.6 Å². The van der Waals surface area contributed by atoms with Crippen molar-refractivity contribution < 1.29 is 4.74 Å². The zero-order valence-corrected chi connectivity index (χ0v) is 35.3. The maximum atomic E-state index is 6.85. The van der Waals surface area contributed by atoms with Crippen LogP contribution in [-0.2, 0) is 5.41 Å². The Labute approximate surface area is 366 Å². The highest BCUT2D eigenvalue weighted by Crippen LogP contribution is 2.55. The second-order valence-corrected chi connectivity index (χ2v) is 18.0. The predicted octanol–water partition coefficient (Wildman–Crippen LogP) is 15.5.